The summed E-state index contributed by atoms with van der Waals surface area (Å²) < 4.78 is 19.6. The van der Waals surface area contributed by atoms with Crippen LogP contribution in [0.1, 0.15) is 44.2 Å². The lowest BCUT2D eigenvalue weighted by atomic mass is 10.0. The highest BCUT2D eigenvalue weighted by Gasteiger charge is 2.25. The number of amides is 2. The normalized spacial score (nSPS) is 20.9. The molecule has 0 spiro atoms. The zero-order valence-electron chi connectivity index (χ0n) is 16.9. The molecule has 0 radical (unpaired) electrons. The number of carbonyl (C=O) groups is 1. The Kier molecular flexibility index (Phi) is 7.34. The molecule has 7 heteroatoms. The van der Waals surface area contributed by atoms with Crippen LogP contribution in [0.3, 0.4) is 0 Å². The molecule has 0 aliphatic carbocycles. The van der Waals surface area contributed by atoms with Gasteiger partial charge in [-0.2, -0.15) is 0 Å². The average Bonchev–Trinajstić information content (AvgIpc) is 3.21. The first-order chi connectivity index (χ1) is 14.0. The summed E-state index contributed by atoms with van der Waals surface area (Å²) in [7, 11) is 0. The highest BCUT2D eigenvalue weighted by atomic mass is 19.1. The van der Waals surface area contributed by atoms with Crippen molar-refractivity contribution < 1.29 is 19.0 Å². The minimum absolute atomic E-state index is 0.00825. The Morgan fingerprint density at radius 1 is 1.45 bits per heavy atom. The predicted molar refractivity (Wildman–Crippen MR) is 110 cm³/mol. The number of urea groups is 1. The second-order valence-corrected chi connectivity index (χ2v) is 7.81. The number of hydrogen-bond donors (Lipinski definition) is 2. The van der Waals surface area contributed by atoms with Crippen LogP contribution in [-0.2, 0) is 4.74 Å². The number of aliphatic hydroxyl groups is 1. The summed E-state index contributed by atoms with van der Waals surface area (Å²) in [6, 6.07) is 3.97. The van der Waals surface area contributed by atoms with Crippen molar-refractivity contribution in [3.63, 3.8) is 0 Å². The molecule has 2 fully saturated rings. The van der Waals surface area contributed by atoms with E-state index in [4.69, 9.17) is 11.2 Å². The van der Waals surface area contributed by atoms with E-state index < -0.39 is 6.04 Å². The molecule has 0 bridgehead atoms. The lowest BCUT2D eigenvalue weighted by Crippen LogP contribution is -2.45. The number of rotatable bonds is 6. The number of terminal acetylenes is 1. The van der Waals surface area contributed by atoms with Gasteiger partial charge in [-0.05, 0) is 50.8 Å². The topological polar surface area (TPSA) is 65.0 Å². The maximum absolute atomic E-state index is 14.0. The van der Waals surface area contributed by atoms with Crippen molar-refractivity contribution in [1.29, 1.82) is 0 Å². The number of benzene rings is 1. The van der Waals surface area contributed by atoms with Gasteiger partial charge < -0.3 is 25.0 Å². The van der Waals surface area contributed by atoms with Crippen LogP contribution in [0.15, 0.2) is 18.2 Å². The summed E-state index contributed by atoms with van der Waals surface area (Å²) in [5.41, 5.74) is 1.60. The van der Waals surface area contributed by atoms with E-state index in [2.05, 4.69) is 16.1 Å². The van der Waals surface area contributed by atoms with Gasteiger partial charge in [0.05, 0.1) is 24.8 Å². The molecule has 158 valence electrons. The third-order valence-electron chi connectivity index (χ3n) is 5.62. The van der Waals surface area contributed by atoms with E-state index in [1.165, 1.54) is 12.1 Å². The number of hydrogen-bond acceptors (Lipinski definition) is 4. The Morgan fingerprint density at radius 3 is 2.86 bits per heavy atom. The fourth-order valence-electron chi connectivity index (χ4n) is 3.98. The number of aliphatic hydroxyl groups excluding tert-OH is 1. The van der Waals surface area contributed by atoms with E-state index in [0.717, 1.165) is 18.5 Å². The fourth-order valence-corrected chi connectivity index (χ4v) is 3.98. The van der Waals surface area contributed by atoms with Crippen molar-refractivity contribution in [3.8, 4) is 12.3 Å². The van der Waals surface area contributed by atoms with Crippen LogP contribution in [-0.4, -0.2) is 61.0 Å². The first-order valence-corrected chi connectivity index (χ1v) is 10.3. The van der Waals surface area contributed by atoms with Gasteiger partial charge in [0.25, 0.3) is 0 Å². The molecule has 0 aromatic heterocycles. The van der Waals surface area contributed by atoms with E-state index in [1.54, 1.807) is 11.0 Å². The molecule has 2 aliphatic heterocycles. The lowest BCUT2D eigenvalue weighted by molar-refractivity contribution is 0.0842. The first-order valence-electron chi connectivity index (χ1n) is 10.3. The molecular formula is C22H30FN3O3. The van der Waals surface area contributed by atoms with Crippen LogP contribution >= 0.6 is 0 Å². The van der Waals surface area contributed by atoms with Gasteiger partial charge in [-0.15, -0.1) is 6.42 Å². The average molecular weight is 403 g/mol. The summed E-state index contributed by atoms with van der Waals surface area (Å²) in [6.45, 7) is 4.59. The van der Waals surface area contributed by atoms with Crippen molar-refractivity contribution in [2.24, 2.45) is 0 Å². The van der Waals surface area contributed by atoms with Crippen molar-refractivity contribution in [3.05, 3.63) is 29.6 Å². The van der Waals surface area contributed by atoms with Crippen LogP contribution in [0.5, 0.6) is 0 Å². The Morgan fingerprint density at radius 2 is 2.21 bits per heavy atom. The molecule has 2 atom stereocenters. The molecule has 6 nitrogen and oxygen atoms in total. The Bertz CT molecular complexity index is 737. The van der Waals surface area contributed by atoms with Gasteiger partial charge in [0.1, 0.15) is 5.82 Å². The molecule has 2 amide bonds. The van der Waals surface area contributed by atoms with Crippen LogP contribution in [0.4, 0.5) is 14.9 Å². The largest absolute Gasteiger partial charge is 0.393 e. The summed E-state index contributed by atoms with van der Waals surface area (Å²) >= 11 is 0. The van der Waals surface area contributed by atoms with E-state index >= 15 is 0 Å². The molecule has 1 aromatic rings. The number of ether oxygens (including phenoxy) is 1. The minimum Gasteiger partial charge on any atom is -0.393 e. The zero-order valence-corrected chi connectivity index (χ0v) is 16.9. The minimum atomic E-state index is -0.398. The van der Waals surface area contributed by atoms with Gasteiger partial charge in [0.15, 0.2) is 0 Å². The Labute approximate surface area is 172 Å². The number of anilines is 1. The third kappa shape index (κ3) is 5.62. The number of nitrogens with zero attached hydrogens (tertiary/aromatic N) is 2. The standard InChI is InChI=1S/C22H30FN3O3/c1-3-10-26(15-19-5-4-13-29-19)22(28)24-16(2)20-14-17(23)6-7-21(20)25-11-8-18(27)9-12-25/h1,6-7,14,16,18-19,27H,4-5,8-13,15H2,2H3,(H,24,28)/t16-,19+/m1/s1. The predicted octanol–water partition coefficient (Wildman–Crippen LogP) is 2.67. The highest BCUT2D eigenvalue weighted by Crippen LogP contribution is 2.30. The van der Waals surface area contributed by atoms with Gasteiger partial charge in [-0.25, -0.2) is 9.18 Å². The molecule has 3 rings (SSSR count). The van der Waals surface area contributed by atoms with Gasteiger partial charge in [0.2, 0.25) is 0 Å². The molecule has 1 aromatic carbocycles. The molecule has 2 aliphatic rings. The lowest BCUT2D eigenvalue weighted by Gasteiger charge is -2.34. The van der Waals surface area contributed by atoms with Crippen molar-refractivity contribution in [2.75, 3.05) is 37.7 Å². The Balaban J connectivity index is 1.71. The van der Waals surface area contributed by atoms with Gasteiger partial charge in [-0.1, -0.05) is 5.92 Å². The van der Waals surface area contributed by atoms with Crippen LogP contribution in [0.2, 0.25) is 0 Å². The van der Waals surface area contributed by atoms with E-state index in [0.29, 0.717) is 44.6 Å². The van der Waals surface area contributed by atoms with E-state index in [1.807, 2.05) is 6.92 Å². The molecule has 0 unspecified atom stereocenters. The summed E-state index contributed by atoms with van der Waals surface area (Å²) in [6.07, 6.45) is 8.42. The van der Waals surface area contributed by atoms with E-state index in [-0.39, 0.29) is 30.6 Å². The van der Waals surface area contributed by atoms with Crippen LogP contribution in [0, 0.1) is 18.2 Å². The summed E-state index contributed by atoms with van der Waals surface area (Å²) in [5.74, 6) is 2.18. The van der Waals surface area contributed by atoms with E-state index in [9.17, 15) is 14.3 Å². The molecule has 2 N–H and O–H groups in total. The number of carbonyl (C=O) groups excluding carboxylic acids is 1. The zero-order chi connectivity index (χ0) is 20.8. The van der Waals surface area contributed by atoms with Crippen molar-refractivity contribution in [2.45, 2.75) is 50.9 Å². The molecule has 2 heterocycles. The van der Waals surface area contributed by atoms with Gasteiger partial charge >= 0.3 is 6.03 Å². The van der Waals surface area contributed by atoms with Crippen molar-refractivity contribution in [1.82, 2.24) is 10.2 Å². The molecule has 2 saturated heterocycles. The quantitative estimate of drug-likeness (QED) is 0.717. The number of nitrogens with one attached hydrogen (secondary N) is 1. The monoisotopic (exact) mass is 403 g/mol. The first kappa shape index (κ1) is 21.4. The molecule has 0 saturated carbocycles. The third-order valence-corrected chi connectivity index (χ3v) is 5.62. The molecular weight excluding hydrogens is 373 g/mol. The smallest absolute Gasteiger partial charge is 0.318 e. The Hall–Kier alpha value is -2.30. The number of halogens is 1. The maximum Gasteiger partial charge on any atom is 0.318 e. The summed E-state index contributed by atoms with van der Waals surface area (Å²) in [4.78, 5) is 16.6. The summed E-state index contributed by atoms with van der Waals surface area (Å²) in [5, 5.41) is 12.7. The van der Waals surface area contributed by atoms with Crippen molar-refractivity contribution >= 4 is 11.7 Å². The number of piperidine rings is 1. The van der Waals surface area contributed by atoms with Crippen LogP contribution in [0.25, 0.3) is 0 Å². The second kappa shape index (κ2) is 9.95. The van der Waals surface area contributed by atoms with Gasteiger partial charge in [0, 0.05) is 37.5 Å². The maximum atomic E-state index is 14.0. The van der Waals surface area contributed by atoms with Crippen LogP contribution < -0.4 is 10.2 Å². The fraction of sp³-hybridized carbons (Fsp3) is 0.591. The SMILES string of the molecule is C#CCN(C[C@@H]1CCCO1)C(=O)N[C@H](C)c1cc(F)ccc1N1CCC(O)CC1. The molecule has 29 heavy (non-hydrogen) atoms. The highest BCUT2D eigenvalue weighted by molar-refractivity contribution is 5.75. The second-order valence-electron chi connectivity index (χ2n) is 7.81. The van der Waals surface area contributed by atoms with Gasteiger partial charge in [-0.3, -0.25) is 0 Å².